The van der Waals surface area contributed by atoms with Crippen molar-refractivity contribution in [1.82, 2.24) is 5.32 Å². The first-order valence-electron chi connectivity index (χ1n) is 5.71. The number of unbranched alkanes of at least 4 members (excludes halogenated alkanes) is 2. The Morgan fingerprint density at radius 3 is 2.62 bits per heavy atom. The smallest absolute Gasteiger partial charge is 0.219 e. The van der Waals surface area contributed by atoms with Gasteiger partial charge in [0.25, 0.3) is 0 Å². The second kappa shape index (κ2) is 7.74. The van der Waals surface area contributed by atoms with Crippen molar-refractivity contribution in [1.29, 1.82) is 0 Å². The van der Waals surface area contributed by atoms with Crippen LogP contribution in [-0.4, -0.2) is 19.6 Å². The standard InChI is InChI=1S/C13H19NO2/c1-14-13(15)10-6-3-7-11-16-12-8-4-2-5-9-12/h2,4-5,8-9H,3,6-7,10-11H2,1H3,(H,14,15). The molecule has 1 N–H and O–H groups in total. The molecule has 0 bridgehead atoms. The molecule has 1 aromatic carbocycles. The molecule has 1 amide bonds. The summed E-state index contributed by atoms with van der Waals surface area (Å²) >= 11 is 0. The van der Waals surface area contributed by atoms with E-state index in [0.717, 1.165) is 31.6 Å². The molecule has 0 fully saturated rings. The average molecular weight is 221 g/mol. The van der Waals surface area contributed by atoms with E-state index < -0.39 is 0 Å². The second-order valence-corrected chi connectivity index (χ2v) is 3.65. The van der Waals surface area contributed by atoms with Crippen LogP contribution in [0.2, 0.25) is 0 Å². The van der Waals surface area contributed by atoms with Gasteiger partial charge < -0.3 is 10.1 Å². The van der Waals surface area contributed by atoms with Gasteiger partial charge in [0.1, 0.15) is 5.75 Å². The largest absolute Gasteiger partial charge is 0.494 e. The zero-order chi connectivity index (χ0) is 11.6. The number of rotatable bonds is 7. The Morgan fingerprint density at radius 2 is 1.94 bits per heavy atom. The summed E-state index contributed by atoms with van der Waals surface area (Å²) in [5.41, 5.74) is 0. The molecule has 0 aromatic heterocycles. The monoisotopic (exact) mass is 221 g/mol. The lowest BCUT2D eigenvalue weighted by molar-refractivity contribution is -0.120. The summed E-state index contributed by atoms with van der Waals surface area (Å²) < 4.78 is 5.54. The molecular weight excluding hydrogens is 202 g/mol. The first kappa shape index (κ1) is 12.6. The molecule has 0 aliphatic carbocycles. The minimum absolute atomic E-state index is 0.115. The first-order chi connectivity index (χ1) is 7.83. The van der Waals surface area contributed by atoms with Gasteiger partial charge in [-0.15, -0.1) is 0 Å². The number of hydrogen-bond acceptors (Lipinski definition) is 2. The molecule has 0 radical (unpaired) electrons. The van der Waals surface area contributed by atoms with Crippen LogP contribution in [0.5, 0.6) is 5.75 Å². The van der Waals surface area contributed by atoms with E-state index in [9.17, 15) is 4.79 Å². The Hall–Kier alpha value is -1.51. The van der Waals surface area contributed by atoms with Gasteiger partial charge in [0.15, 0.2) is 0 Å². The molecule has 3 nitrogen and oxygen atoms in total. The second-order valence-electron chi connectivity index (χ2n) is 3.65. The fourth-order valence-corrected chi connectivity index (χ4v) is 1.40. The van der Waals surface area contributed by atoms with Crippen molar-refractivity contribution in [3.63, 3.8) is 0 Å². The molecule has 0 saturated carbocycles. The predicted molar refractivity (Wildman–Crippen MR) is 64.5 cm³/mol. The van der Waals surface area contributed by atoms with Crippen molar-refractivity contribution in [2.75, 3.05) is 13.7 Å². The highest BCUT2D eigenvalue weighted by Gasteiger charge is 1.97. The fourth-order valence-electron chi connectivity index (χ4n) is 1.40. The van der Waals surface area contributed by atoms with Crippen LogP contribution in [0, 0.1) is 0 Å². The summed E-state index contributed by atoms with van der Waals surface area (Å²) in [6.07, 6.45) is 3.56. The third-order valence-corrected chi connectivity index (χ3v) is 2.34. The Kier molecular flexibility index (Phi) is 6.07. The number of amides is 1. The third kappa shape index (κ3) is 5.39. The predicted octanol–water partition coefficient (Wildman–Crippen LogP) is 2.37. The zero-order valence-corrected chi connectivity index (χ0v) is 9.74. The van der Waals surface area contributed by atoms with E-state index in [0.29, 0.717) is 6.42 Å². The summed E-state index contributed by atoms with van der Waals surface area (Å²) in [4.78, 5) is 10.9. The minimum Gasteiger partial charge on any atom is -0.494 e. The van der Waals surface area contributed by atoms with Crippen molar-refractivity contribution in [2.45, 2.75) is 25.7 Å². The van der Waals surface area contributed by atoms with E-state index in [1.807, 2.05) is 30.3 Å². The molecule has 3 heteroatoms. The number of carbonyl (C=O) groups is 1. The lowest BCUT2D eigenvalue weighted by Gasteiger charge is -2.05. The molecule has 0 heterocycles. The minimum atomic E-state index is 0.115. The maximum atomic E-state index is 10.9. The zero-order valence-electron chi connectivity index (χ0n) is 9.74. The molecule has 1 aromatic rings. The lowest BCUT2D eigenvalue weighted by atomic mass is 10.2. The summed E-state index contributed by atoms with van der Waals surface area (Å²) in [5.74, 6) is 1.03. The molecule has 0 saturated heterocycles. The molecule has 16 heavy (non-hydrogen) atoms. The topological polar surface area (TPSA) is 38.3 Å². The van der Waals surface area contributed by atoms with E-state index in [1.54, 1.807) is 7.05 Å². The number of hydrogen-bond donors (Lipinski definition) is 1. The third-order valence-electron chi connectivity index (χ3n) is 2.34. The van der Waals surface area contributed by atoms with Crippen molar-refractivity contribution >= 4 is 5.91 Å². The molecule has 0 spiro atoms. The maximum Gasteiger partial charge on any atom is 0.219 e. The molecule has 0 unspecified atom stereocenters. The Bertz CT molecular complexity index is 298. The molecule has 0 aliphatic heterocycles. The molecule has 0 aliphatic rings. The van der Waals surface area contributed by atoms with E-state index in [4.69, 9.17) is 4.74 Å². The van der Waals surface area contributed by atoms with Crippen LogP contribution in [0.25, 0.3) is 0 Å². The quantitative estimate of drug-likeness (QED) is 0.718. The highest BCUT2D eigenvalue weighted by atomic mass is 16.5. The van der Waals surface area contributed by atoms with Crippen LogP contribution in [0.3, 0.4) is 0 Å². The Balaban J connectivity index is 1.98. The molecule has 1 rings (SSSR count). The van der Waals surface area contributed by atoms with Gasteiger partial charge in [-0.1, -0.05) is 18.2 Å². The van der Waals surface area contributed by atoms with Crippen LogP contribution in [0.4, 0.5) is 0 Å². The fraction of sp³-hybridized carbons (Fsp3) is 0.462. The average Bonchev–Trinajstić information content (AvgIpc) is 2.34. The van der Waals surface area contributed by atoms with Gasteiger partial charge in [0.2, 0.25) is 5.91 Å². The van der Waals surface area contributed by atoms with Crippen LogP contribution < -0.4 is 10.1 Å². The molecular formula is C13H19NO2. The summed E-state index contributed by atoms with van der Waals surface area (Å²) in [5, 5.41) is 2.61. The Morgan fingerprint density at radius 1 is 1.19 bits per heavy atom. The summed E-state index contributed by atoms with van der Waals surface area (Å²) in [7, 11) is 1.67. The molecule has 88 valence electrons. The van der Waals surface area contributed by atoms with Crippen LogP contribution in [0.15, 0.2) is 30.3 Å². The highest BCUT2D eigenvalue weighted by Crippen LogP contribution is 2.09. The molecule has 0 atom stereocenters. The van der Waals surface area contributed by atoms with Gasteiger partial charge in [-0.3, -0.25) is 4.79 Å². The summed E-state index contributed by atoms with van der Waals surface area (Å²) in [6.45, 7) is 0.720. The van der Waals surface area contributed by atoms with Gasteiger partial charge in [0.05, 0.1) is 6.61 Å². The summed E-state index contributed by atoms with van der Waals surface area (Å²) in [6, 6.07) is 9.78. The van der Waals surface area contributed by atoms with Gasteiger partial charge >= 0.3 is 0 Å². The van der Waals surface area contributed by atoms with Crippen molar-refractivity contribution in [3.8, 4) is 5.75 Å². The van der Waals surface area contributed by atoms with Gasteiger partial charge in [-0.05, 0) is 31.4 Å². The Labute approximate surface area is 96.8 Å². The van der Waals surface area contributed by atoms with Crippen molar-refractivity contribution in [3.05, 3.63) is 30.3 Å². The lowest BCUT2D eigenvalue weighted by Crippen LogP contribution is -2.16. The van der Waals surface area contributed by atoms with E-state index >= 15 is 0 Å². The number of benzene rings is 1. The van der Waals surface area contributed by atoms with E-state index in [-0.39, 0.29) is 5.91 Å². The van der Waals surface area contributed by atoms with Gasteiger partial charge in [0, 0.05) is 13.5 Å². The van der Waals surface area contributed by atoms with Crippen LogP contribution in [0.1, 0.15) is 25.7 Å². The number of para-hydroxylation sites is 1. The van der Waals surface area contributed by atoms with E-state index in [2.05, 4.69) is 5.32 Å². The van der Waals surface area contributed by atoms with Crippen LogP contribution >= 0.6 is 0 Å². The highest BCUT2D eigenvalue weighted by molar-refractivity contribution is 5.75. The van der Waals surface area contributed by atoms with Gasteiger partial charge in [-0.2, -0.15) is 0 Å². The van der Waals surface area contributed by atoms with Crippen LogP contribution in [-0.2, 0) is 4.79 Å². The number of nitrogens with one attached hydrogen (secondary N) is 1. The van der Waals surface area contributed by atoms with Gasteiger partial charge in [-0.25, -0.2) is 0 Å². The van der Waals surface area contributed by atoms with E-state index in [1.165, 1.54) is 0 Å². The normalized spacial score (nSPS) is 9.81. The van der Waals surface area contributed by atoms with Crippen molar-refractivity contribution in [2.24, 2.45) is 0 Å². The van der Waals surface area contributed by atoms with Crippen molar-refractivity contribution < 1.29 is 9.53 Å². The maximum absolute atomic E-state index is 10.9. The number of ether oxygens (including phenoxy) is 1. The number of carbonyl (C=O) groups excluding carboxylic acids is 1. The SMILES string of the molecule is CNC(=O)CCCCCOc1ccccc1. The first-order valence-corrected chi connectivity index (χ1v) is 5.71.